The second-order valence-corrected chi connectivity index (χ2v) is 5.57. The Bertz CT molecular complexity index is 565. The Hall–Kier alpha value is -1.61. The third-order valence-corrected chi connectivity index (χ3v) is 2.81. The largest absolute Gasteiger partial charge is 0.478 e. The summed E-state index contributed by atoms with van der Waals surface area (Å²) in [4.78, 5) is 10.6. The van der Waals surface area contributed by atoms with Crippen molar-refractivity contribution < 1.29 is 31.5 Å². The van der Waals surface area contributed by atoms with Crippen molar-refractivity contribution in [1.29, 1.82) is 0 Å². The summed E-state index contributed by atoms with van der Waals surface area (Å²) >= 11 is 0. The third-order valence-electron chi connectivity index (χ3n) is 2.15. The van der Waals surface area contributed by atoms with Crippen LogP contribution in [0.2, 0.25) is 0 Å². The van der Waals surface area contributed by atoms with Crippen LogP contribution in [0.3, 0.4) is 0 Å². The van der Waals surface area contributed by atoms with Gasteiger partial charge in [0.05, 0.1) is 11.8 Å². The van der Waals surface area contributed by atoms with Crippen molar-refractivity contribution in [3.8, 4) is 0 Å². The van der Waals surface area contributed by atoms with Crippen LogP contribution in [0.5, 0.6) is 0 Å². The molecule has 0 heterocycles. The van der Waals surface area contributed by atoms with E-state index in [-0.39, 0.29) is 11.1 Å². The van der Waals surface area contributed by atoms with Gasteiger partial charge in [-0.2, -0.15) is 17.9 Å². The minimum absolute atomic E-state index is 0.191. The Labute approximate surface area is 107 Å². The molecule has 0 spiro atoms. The molecule has 5 nitrogen and oxygen atoms in total. The van der Waals surface area contributed by atoms with Crippen LogP contribution in [0.1, 0.15) is 22.0 Å². The second kappa shape index (κ2) is 5.17. The Kier molecular flexibility index (Phi) is 4.21. The number of carboxylic acids is 1. The number of carbonyl (C=O) groups is 1. The van der Waals surface area contributed by atoms with Crippen LogP contribution >= 0.6 is 0 Å². The Morgan fingerprint density at radius 1 is 1.26 bits per heavy atom. The summed E-state index contributed by atoms with van der Waals surface area (Å²) in [7, 11) is -4.07. The molecule has 0 amide bonds. The molecule has 19 heavy (non-hydrogen) atoms. The van der Waals surface area contributed by atoms with Crippen LogP contribution in [-0.4, -0.2) is 31.9 Å². The van der Waals surface area contributed by atoms with Crippen molar-refractivity contribution in [2.75, 3.05) is 6.26 Å². The predicted molar refractivity (Wildman–Crippen MR) is 60.2 cm³/mol. The van der Waals surface area contributed by atoms with Gasteiger partial charge in [0.2, 0.25) is 10.0 Å². The fraction of sp³-hybridized carbons (Fsp3) is 0.300. The van der Waals surface area contributed by atoms with Crippen LogP contribution in [0, 0.1) is 0 Å². The first-order valence-corrected chi connectivity index (χ1v) is 6.77. The van der Waals surface area contributed by atoms with E-state index in [1.54, 1.807) is 0 Å². The minimum atomic E-state index is -4.83. The van der Waals surface area contributed by atoms with E-state index in [1.165, 1.54) is 4.72 Å². The summed E-state index contributed by atoms with van der Waals surface area (Å²) in [6.07, 6.45) is -4.22. The fourth-order valence-electron chi connectivity index (χ4n) is 1.36. The van der Waals surface area contributed by atoms with E-state index < -0.39 is 28.2 Å². The van der Waals surface area contributed by atoms with Crippen LogP contribution in [0.15, 0.2) is 24.3 Å². The van der Waals surface area contributed by atoms with Crippen molar-refractivity contribution in [3.63, 3.8) is 0 Å². The Morgan fingerprint density at radius 2 is 1.74 bits per heavy atom. The van der Waals surface area contributed by atoms with E-state index in [9.17, 15) is 26.4 Å². The second-order valence-electron chi connectivity index (χ2n) is 3.79. The lowest BCUT2D eigenvalue weighted by molar-refractivity contribution is -0.153. The zero-order chi connectivity index (χ0) is 14.8. The number of rotatable bonds is 4. The Balaban J connectivity index is 3.15. The van der Waals surface area contributed by atoms with Gasteiger partial charge in [-0.1, -0.05) is 12.1 Å². The minimum Gasteiger partial charge on any atom is -0.478 e. The lowest BCUT2D eigenvalue weighted by Gasteiger charge is -2.21. The van der Waals surface area contributed by atoms with Gasteiger partial charge in [-0.25, -0.2) is 13.2 Å². The van der Waals surface area contributed by atoms with E-state index >= 15 is 0 Å². The smallest absolute Gasteiger partial charge is 0.408 e. The molecule has 1 aromatic carbocycles. The van der Waals surface area contributed by atoms with Crippen molar-refractivity contribution in [2.45, 2.75) is 12.2 Å². The maximum atomic E-state index is 12.8. The number of carboxylic acid groups (broad SMARTS) is 1. The molecule has 0 unspecified atom stereocenters. The molecular formula is C10H10F3NO4S. The van der Waals surface area contributed by atoms with Gasteiger partial charge in [0.1, 0.15) is 6.04 Å². The number of hydrogen-bond acceptors (Lipinski definition) is 3. The number of halogens is 3. The summed E-state index contributed by atoms with van der Waals surface area (Å²) in [5.41, 5.74) is -0.577. The average Bonchev–Trinajstić information content (AvgIpc) is 2.23. The molecule has 1 atom stereocenters. The van der Waals surface area contributed by atoms with Gasteiger partial charge in [-0.15, -0.1) is 0 Å². The van der Waals surface area contributed by atoms with Crippen LogP contribution < -0.4 is 4.72 Å². The van der Waals surface area contributed by atoms with Gasteiger partial charge >= 0.3 is 12.1 Å². The zero-order valence-corrected chi connectivity index (χ0v) is 10.4. The standard InChI is InChI=1S/C10H10F3NO4S/c1-19(17,18)14-8(10(11,12)13)6-2-4-7(5-3-6)9(15)16/h2-5,8,14H,1H3,(H,15,16)/t8-/m0/s1. The molecular weight excluding hydrogens is 287 g/mol. The van der Waals surface area contributed by atoms with Gasteiger partial charge in [0.15, 0.2) is 0 Å². The highest BCUT2D eigenvalue weighted by molar-refractivity contribution is 7.88. The predicted octanol–water partition coefficient (Wildman–Crippen LogP) is 1.54. The monoisotopic (exact) mass is 297 g/mol. The number of aromatic carboxylic acids is 1. The first-order valence-electron chi connectivity index (χ1n) is 4.88. The summed E-state index contributed by atoms with van der Waals surface area (Å²) in [6, 6.07) is 1.37. The molecule has 0 bridgehead atoms. The molecule has 2 N–H and O–H groups in total. The van der Waals surface area contributed by atoms with Gasteiger partial charge in [-0.3, -0.25) is 0 Å². The van der Waals surface area contributed by atoms with Crippen molar-refractivity contribution >= 4 is 16.0 Å². The molecule has 0 radical (unpaired) electrons. The van der Waals surface area contributed by atoms with Gasteiger partial charge < -0.3 is 5.11 Å². The number of sulfonamides is 1. The third kappa shape index (κ3) is 4.52. The number of alkyl halides is 3. The molecule has 1 rings (SSSR count). The highest BCUT2D eigenvalue weighted by Gasteiger charge is 2.42. The van der Waals surface area contributed by atoms with Crippen molar-refractivity contribution in [1.82, 2.24) is 4.72 Å². The molecule has 0 fully saturated rings. The van der Waals surface area contributed by atoms with Crippen molar-refractivity contribution in [2.24, 2.45) is 0 Å². The molecule has 0 aliphatic rings. The lowest BCUT2D eigenvalue weighted by atomic mass is 10.1. The molecule has 1 aromatic rings. The first-order chi connectivity index (χ1) is 8.50. The van der Waals surface area contributed by atoms with Gasteiger partial charge in [-0.05, 0) is 17.7 Å². The van der Waals surface area contributed by atoms with Crippen LogP contribution in [0.4, 0.5) is 13.2 Å². The van der Waals surface area contributed by atoms with E-state index in [2.05, 4.69) is 0 Å². The molecule has 0 saturated carbocycles. The first kappa shape index (κ1) is 15.4. The lowest BCUT2D eigenvalue weighted by Crippen LogP contribution is -2.37. The summed E-state index contributed by atoms with van der Waals surface area (Å²) in [5, 5.41) is 8.63. The molecule has 0 saturated heterocycles. The number of benzene rings is 1. The topological polar surface area (TPSA) is 83.5 Å². The van der Waals surface area contributed by atoms with E-state index in [0.717, 1.165) is 24.3 Å². The van der Waals surface area contributed by atoms with Gasteiger partial charge in [0, 0.05) is 0 Å². The summed E-state index contributed by atoms with van der Waals surface area (Å²) in [6.45, 7) is 0. The Morgan fingerprint density at radius 3 is 2.05 bits per heavy atom. The average molecular weight is 297 g/mol. The molecule has 0 aliphatic heterocycles. The van der Waals surface area contributed by atoms with E-state index in [4.69, 9.17) is 5.11 Å². The molecule has 0 aromatic heterocycles. The molecule has 9 heteroatoms. The normalized spacial score (nSPS) is 14.1. The van der Waals surface area contributed by atoms with Gasteiger partial charge in [0.25, 0.3) is 0 Å². The number of hydrogen-bond donors (Lipinski definition) is 2. The van der Waals surface area contributed by atoms with E-state index in [0.29, 0.717) is 6.26 Å². The zero-order valence-electron chi connectivity index (χ0n) is 9.60. The number of nitrogens with one attached hydrogen (secondary N) is 1. The molecule has 0 aliphatic carbocycles. The van der Waals surface area contributed by atoms with Crippen LogP contribution in [-0.2, 0) is 10.0 Å². The molecule has 106 valence electrons. The highest BCUT2D eigenvalue weighted by Crippen LogP contribution is 2.33. The van der Waals surface area contributed by atoms with E-state index in [1.807, 2.05) is 0 Å². The quantitative estimate of drug-likeness (QED) is 0.883. The summed E-state index contributed by atoms with van der Waals surface area (Å²) < 4.78 is 61.6. The maximum absolute atomic E-state index is 12.8. The van der Waals surface area contributed by atoms with Crippen LogP contribution in [0.25, 0.3) is 0 Å². The fourth-order valence-corrected chi connectivity index (χ4v) is 2.05. The maximum Gasteiger partial charge on any atom is 0.408 e. The highest BCUT2D eigenvalue weighted by atomic mass is 32.2. The summed E-state index contributed by atoms with van der Waals surface area (Å²) in [5.74, 6) is -1.29. The SMILES string of the molecule is CS(=O)(=O)N[C@@H](c1ccc(C(=O)O)cc1)C(F)(F)F. The van der Waals surface area contributed by atoms with Crippen molar-refractivity contribution in [3.05, 3.63) is 35.4 Å².